The van der Waals surface area contributed by atoms with Crippen LogP contribution in [0.15, 0.2) is 42.2 Å². The highest BCUT2D eigenvalue weighted by atomic mass is 16.5. The molecule has 5 rings (SSSR count). The lowest BCUT2D eigenvalue weighted by atomic mass is 9.72. The van der Waals surface area contributed by atoms with E-state index in [4.69, 9.17) is 11.3 Å². The zero-order valence-corrected chi connectivity index (χ0v) is 18.2. The van der Waals surface area contributed by atoms with Crippen molar-refractivity contribution in [2.24, 2.45) is 11.8 Å². The van der Waals surface area contributed by atoms with Gasteiger partial charge in [-0.1, -0.05) is 61.4 Å². The molecule has 4 heteroatoms. The number of ether oxygens (including phenoxy) is 1. The zero-order chi connectivity index (χ0) is 21.9. The van der Waals surface area contributed by atoms with Crippen LogP contribution in [0.25, 0.3) is 10.4 Å². The molecule has 2 saturated heterocycles. The number of aliphatic hydroxyl groups is 1. The Kier molecular flexibility index (Phi) is 4.75. The predicted molar refractivity (Wildman–Crippen MR) is 120 cm³/mol. The number of aryl methyl sites for hydroxylation is 3. The standard InChI is InChI=1S/C27H27NO3/c1-5-15-10-14(3)11-16(6-2)21(15)23-25(29)22-20-13-19(27(31-20)24(22)26(23)30)17-8-7-9-18(12-17)28-4/h7-12,19-20,22,24,27,30H,5-6,13H2,1-3H3/t19-,20-,22-,24+,27+/m0/s1. The van der Waals surface area contributed by atoms with Crippen LogP contribution >= 0.6 is 0 Å². The molecule has 4 nitrogen and oxygen atoms in total. The second-order valence-corrected chi connectivity index (χ2v) is 9.03. The molecule has 2 heterocycles. The van der Waals surface area contributed by atoms with Gasteiger partial charge in [-0.3, -0.25) is 4.79 Å². The van der Waals surface area contributed by atoms with E-state index in [1.165, 1.54) is 5.56 Å². The van der Waals surface area contributed by atoms with Crippen LogP contribution in [0.2, 0.25) is 0 Å². The van der Waals surface area contributed by atoms with Crippen molar-refractivity contribution in [2.75, 3.05) is 0 Å². The van der Waals surface area contributed by atoms with Gasteiger partial charge in [-0.25, -0.2) is 4.85 Å². The summed E-state index contributed by atoms with van der Waals surface area (Å²) in [7, 11) is 0. The van der Waals surface area contributed by atoms with Crippen molar-refractivity contribution in [2.45, 2.75) is 58.2 Å². The summed E-state index contributed by atoms with van der Waals surface area (Å²) in [5.41, 5.74) is 6.58. The summed E-state index contributed by atoms with van der Waals surface area (Å²) in [5, 5.41) is 11.4. The van der Waals surface area contributed by atoms with Crippen molar-refractivity contribution < 1.29 is 14.6 Å². The molecule has 2 bridgehead atoms. The molecule has 2 fully saturated rings. The van der Waals surface area contributed by atoms with Crippen LogP contribution in [-0.4, -0.2) is 23.1 Å². The summed E-state index contributed by atoms with van der Waals surface area (Å²) in [5.74, 6) is -0.246. The highest BCUT2D eigenvalue weighted by molar-refractivity contribution is 6.26. The summed E-state index contributed by atoms with van der Waals surface area (Å²) >= 11 is 0. The first kappa shape index (κ1) is 20.0. The molecule has 2 aromatic rings. The Morgan fingerprint density at radius 2 is 1.84 bits per heavy atom. The van der Waals surface area contributed by atoms with Gasteiger partial charge in [-0.2, -0.15) is 0 Å². The monoisotopic (exact) mass is 413 g/mol. The molecule has 158 valence electrons. The van der Waals surface area contributed by atoms with Gasteiger partial charge in [0, 0.05) is 5.92 Å². The van der Waals surface area contributed by atoms with Crippen LogP contribution in [0.3, 0.4) is 0 Å². The third-order valence-electron chi connectivity index (χ3n) is 7.36. The van der Waals surface area contributed by atoms with E-state index >= 15 is 0 Å². The number of aliphatic hydroxyl groups excluding tert-OH is 1. The van der Waals surface area contributed by atoms with Gasteiger partial charge < -0.3 is 9.84 Å². The molecule has 2 aromatic carbocycles. The first-order chi connectivity index (χ1) is 15.0. The van der Waals surface area contributed by atoms with E-state index in [0.717, 1.165) is 41.5 Å². The van der Waals surface area contributed by atoms with Crippen LogP contribution in [0.1, 0.15) is 54.0 Å². The van der Waals surface area contributed by atoms with E-state index in [9.17, 15) is 9.90 Å². The molecule has 0 spiro atoms. The first-order valence-corrected chi connectivity index (χ1v) is 11.2. The molecule has 1 aliphatic carbocycles. The van der Waals surface area contributed by atoms with Crippen LogP contribution in [0.5, 0.6) is 0 Å². The lowest BCUT2D eigenvalue weighted by molar-refractivity contribution is -0.118. The van der Waals surface area contributed by atoms with Crippen molar-refractivity contribution in [3.05, 3.63) is 81.4 Å². The summed E-state index contributed by atoms with van der Waals surface area (Å²) < 4.78 is 6.24. The average Bonchev–Trinajstić information content (AvgIpc) is 3.45. The van der Waals surface area contributed by atoms with Crippen molar-refractivity contribution >= 4 is 17.0 Å². The highest BCUT2D eigenvalue weighted by Crippen LogP contribution is 2.58. The molecule has 0 radical (unpaired) electrons. The SMILES string of the molecule is [C-]#[N+]c1cccc([C@@H]2C[C@@H]3O[C@H]2[C@H]2C(O)=C(c4c(CC)cc(C)cc4CC)C(=O)[C@H]23)c1. The Hall–Kier alpha value is -2.90. The second-order valence-electron chi connectivity index (χ2n) is 9.03. The fourth-order valence-corrected chi connectivity index (χ4v) is 6.08. The number of hydrogen-bond acceptors (Lipinski definition) is 3. The van der Waals surface area contributed by atoms with Gasteiger partial charge in [0.1, 0.15) is 5.76 Å². The van der Waals surface area contributed by atoms with Crippen molar-refractivity contribution in [3.63, 3.8) is 0 Å². The number of benzene rings is 2. The van der Waals surface area contributed by atoms with E-state index < -0.39 is 0 Å². The molecular weight excluding hydrogens is 386 g/mol. The minimum atomic E-state index is -0.295. The van der Waals surface area contributed by atoms with E-state index in [1.807, 2.05) is 18.2 Å². The first-order valence-electron chi connectivity index (χ1n) is 11.2. The third-order valence-corrected chi connectivity index (χ3v) is 7.36. The Morgan fingerprint density at radius 3 is 2.48 bits per heavy atom. The lowest BCUT2D eigenvalue weighted by Crippen LogP contribution is -2.33. The number of Topliss-reactive ketones (excluding diaryl/α,β-unsaturated/α-hetero) is 1. The van der Waals surface area contributed by atoms with Gasteiger partial charge in [0.15, 0.2) is 11.5 Å². The number of allylic oxidation sites excluding steroid dienone is 1. The minimum absolute atomic E-state index is 0.0385. The smallest absolute Gasteiger partial charge is 0.187 e. The number of rotatable bonds is 4. The number of fused-ring (bicyclic) bond motifs is 5. The van der Waals surface area contributed by atoms with Crippen LogP contribution in [0, 0.1) is 25.3 Å². The van der Waals surface area contributed by atoms with E-state index in [-0.39, 0.29) is 41.5 Å². The topological polar surface area (TPSA) is 50.9 Å². The van der Waals surface area contributed by atoms with E-state index in [2.05, 4.69) is 37.7 Å². The quantitative estimate of drug-likeness (QED) is 0.653. The summed E-state index contributed by atoms with van der Waals surface area (Å²) in [6.07, 6.45) is 1.99. The molecular formula is C27H27NO3. The maximum atomic E-state index is 13.6. The molecule has 0 amide bonds. The maximum absolute atomic E-state index is 13.6. The van der Waals surface area contributed by atoms with Gasteiger partial charge in [-0.15, -0.1) is 0 Å². The lowest BCUT2D eigenvalue weighted by Gasteiger charge is -2.28. The maximum Gasteiger partial charge on any atom is 0.187 e. The van der Waals surface area contributed by atoms with Crippen LogP contribution in [-0.2, 0) is 22.4 Å². The van der Waals surface area contributed by atoms with Gasteiger partial charge in [0.25, 0.3) is 0 Å². The fraction of sp³-hybridized carbons (Fsp3) is 0.407. The van der Waals surface area contributed by atoms with E-state index in [1.54, 1.807) is 6.07 Å². The summed E-state index contributed by atoms with van der Waals surface area (Å²) in [6.45, 7) is 13.6. The van der Waals surface area contributed by atoms with Gasteiger partial charge in [0.2, 0.25) is 0 Å². The summed E-state index contributed by atoms with van der Waals surface area (Å²) in [6, 6.07) is 11.9. The number of carbonyl (C=O) groups is 1. The Morgan fingerprint density at radius 1 is 1.13 bits per heavy atom. The molecule has 5 atom stereocenters. The molecule has 31 heavy (non-hydrogen) atoms. The molecule has 2 aliphatic heterocycles. The molecule has 0 unspecified atom stereocenters. The van der Waals surface area contributed by atoms with Crippen molar-refractivity contribution in [1.29, 1.82) is 0 Å². The number of hydrogen-bond donors (Lipinski definition) is 1. The van der Waals surface area contributed by atoms with Crippen LogP contribution < -0.4 is 0 Å². The van der Waals surface area contributed by atoms with Gasteiger partial charge >= 0.3 is 0 Å². The minimum Gasteiger partial charge on any atom is -0.511 e. The predicted octanol–water partition coefficient (Wildman–Crippen LogP) is 5.71. The molecule has 0 saturated carbocycles. The van der Waals surface area contributed by atoms with Crippen LogP contribution in [0.4, 0.5) is 5.69 Å². The number of carbonyl (C=O) groups excluding carboxylic acids is 1. The number of ketones is 1. The third kappa shape index (κ3) is 2.87. The largest absolute Gasteiger partial charge is 0.511 e. The fourth-order valence-electron chi connectivity index (χ4n) is 6.08. The number of nitrogens with zero attached hydrogens (tertiary/aromatic N) is 1. The normalized spacial score (nSPS) is 28.8. The Bertz CT molecular complexity index is 1130. The Balaban J connectivity index is 1.59. The molecule has 1 N–H and O–H groups in total. The van der Waals surface area contributed by atoms with Gasteiger partial charge in [-0.05, 0) is 42.9 Å². The highest BCUT2D eigenvalue weighted by Gasteiger charge is 2.62. The second kappa shape index (κ2) is 7.35. The van der Waals surface area contributed by atoms with E-state index in [0.29, 0.717) is 11.3 Å². The summed E-state index contributed by atoms with van der Waals surface area (Å²) in [4.78, 5) is 17.2. The Labute approximate surface area is 183 Å². The van der Waals surface area contributed by atoms with Gasteiger partial charge in [0.05, 0.1) is 36.2 Å². The average molecular weight is 414 g/mol. The molecule has 3 aliphatic rings. The van der Waals surface area contributed by atoms with Crippen molar-refractivity contribution in [1.82, 2.24) is 0 Å². The van der Waals surface area contributed by atoms with Crippen molar-refractivity contribution in [3.8, 4) is 0 Å². The zero-order valence-electron chi connectivity index (χ0n) is 18.2. The molecule has 0 aromatic heterocycles.